The van der Waals surface area contributed by atoms with Gasteiger partial charge in [-0.2, -0.15) is 0 Å². The number of aromatic nitrogens is 1. The molecule has 5 rings (SSSR count). The molecule has 7 heteroatoms. The zero-order valence-corrected chi connectivity index (χ0v) is 18.9. The van der Waals surface area contributed by atoms with Crippen molar-refractivity contribution >= 4 is 51.5 Å². The molecule has 4 nitrogen and oxygen atoms in total. The van der Waals surface area contributed by atoms with Crippen LogP contribution in [-0.4, -0.2) is 20.6 Å². The van der Waals surface area contributed by atoms with E-state index < -0.39 is 0 Å². The number of hydrogen-bond donors (Lipinski definition) is 0. The Morgan fingerprint density at radius 2 is 1.64 bits per heavy atom. The average molecular weight is 477 g/mol. The molecule has 0 radical (unpaired) electrons. The van der Waals surface area contributed by atoms with Crippen LogP contribution >= 0.6 is 23.4 Å². The van der Waals surface area contributed by atoms with Crippen molar-refractivity contribution in [3.8, 4) is 0 Å². The first kappa shape index (κ1) is 21.5. The predicted octanol–water partition coefficient (Wildman–Crippen LogP) is 6.72. The van der Waals surface area contributed by atoms with Crippen molar-refractivity contribution in [3.05, 3.63) is 111 Å². The first-order chi connectivity index (χ1) is 16.0. The maximum Gasteiger partial charge on any atom is 0.293 e. The van der Waals surface area contributed by atoms with Gasteiger partial charge in [0.05, 0.1) is 18.0 Å². The van der Waals surface area contributed by atoms with Gasteiger partial charge in [0, 0.05) is 33.2 Å². The highest BCUT2D eigenvalue weighted by atomic mass is 35.5. The quantitative estimate of drug-likeness (QED) is 0.300. The molecule has 1 saturated heterocycles. The summed E-state index contributed by atoms with van der Waals surface area (Å²) in [4.78, 5) is 27.2. The number of thioether (sulfide) groups is 1. The number of fused-ring (bicyclic) bond motifs is 1. The Kier molecular flexibility index (Phi) is 5.79. The second-order valence-electron chi connectivity index (χ2n) is 7.72. The van der Waals surface area contributed by atoms with Gasteiger partial charge in [-0.05, 0) is 47.7 Å². The third-order valence-corrected chi connectivity index (χ3v) is 6.69. The minimum absolute atomic E-state index is 0.189. The summed E-state index contributed by atoms with van der Waals surface area (Å²) in [7, 11) is 0. The standard InChI is InChI=1S/C26H18ClFN2O2S/c27-20-11-9-17(10-12-20)14-30-25(31)24(33-26(30)32)13-19-16-29(23-8-4-2-6-21(19)23)15-18-5-1-3-7-22(18)28/h1-13,16H,14-15H2/b24-13-. The zero-order valence-electron chi connectivity index (χ0n) is 17.4. The maximum atomic E-state index is 14.2. The molecule has 1 fully saturated rings. The minimum atomic E-state index is -0.328. The Morgan fingerprint density at radius 3 is 2.42 bits per heavy atom. The number of carbonyl (C=O) groups is 2. The average Bonchev–Trinajstić information content (AvgIpc) is 3.29. The van der Waals surface area contributed by atoms with Gasteiger partial charge in [0.15, 0.2) is 0 Å². The maximum absolute atomic E-state index is 14.2. The molecular formula is C26H18ClFN2O2S. The molecule has 1 aliphatic heterocycles. The second kappa shape index (κ2) is 8.89. The lowest BCUT2D eigenvalue weighted by atomic mass is 10.1. The summed E-state index contributed by atoms with van der Waals surface area (Å²) in [6.45, 7) is 0.549. The van der Waals surface area contributed by atoms with Crippen LogP contribution in [0.1, 0.15) is 16.7 Å². The van der Waals surface area contributed by atoms with E-state index in [1.54, 1.807) is 42.5 Å². The van der Waals surface area contributed by atoms with Gasteiger partial charge >= 0.3 is 0 Å². The van der Waals surface area contributed by atoms with Crippen molar-refractivity contribution in [2.45, 2.75) is 13.1 Å². The molecule has 0 bridgehead atoms. The summed E-state index contributed by atoms with van der Waals surface area (Å²) in [5, 5.41) is 1.22. The SMILES string of the molecule is O=C1S/C(=C\c2cn(Cc3ccccc3F)c3ccccc23)C(=O)N1Cc1ccc(Cl)cc1. The van der Waals surface area contributed by atoms with Gasteiger partial charge in [-0.1, -0.05) is 60.1 Å². The van der Waals surface area contributed by atoms with Gasteiger partial charge in [-0.3, -0.25) is 14.5 Å². The lowest BCUT2D eigenvalue weighted by molar-refractivity contribution is -0.123. The van der Waals surface area contributed by atoms with Gasteiger partial charge in [-0.15, -0.1) is 0 Å². The first-order valence-corrected chi connectivity index (χ1v) is 11.5. The molecule has 3 aromatic carbocycles. The molecule has 2 heterocycles. The number of rotatable bonds is 5. The second-order valence-corrected chi connectivity index (χ2v) is 9.14. The minimum Gasteiger partial charge on any atom is -0.342 e. The van der Waals surface area contributed by atoms with Gasteiger partial charge in [0.25, 0.3) is 11.1 Å². The van der Waals surface area contributed by atoms with Gasteiger partial charge in [0.1, 0.15) is 5.82 Å². The Labute approximate surface area is 199 Å². The molecule has 0 N–H and O–H groups in total. The Balaban J connectivity index is 1.46. The Morgan fingerprint density at radius 1 is 0.909 bits per heavy atom. The van der Waals surface area contributed by atoms with E-state index in [1.807, 2.05) is 41.1 Å². The van der Waals surface area contributed by atoms with E-state index in [4.69, 9.17) is 11.6 Å². The van der Waals surface area contributed by atoms with E-state index in [9.17, 15) is 14.0 Å². The largest absolute Gasteiger partial charge is 0.342 e. The topological polar surface area (TPSA) is 42.3 Å². The van der Waals surface area contributed by atoms with Crippen LogP contribution < -0.4 is 0 Å². The van der Waals surface area contributed by atoms with Crippen molar-refractivity contribution in [2.24, 2.45) is 0 Å². The van der Waals surface area contributed by atoms with E-state index in [-0.39, 0.29) is 23.5 Å². The number of halogens is 2. The molecule has 0 spiro atoms. The summed E-state index contributed by atoms with van der Waals surface area (Å²) in [5.74, 6) is -0.592. The van der Waals surface area contributed by atoms with Gasteiger partial charge < -0.3 is 4.57 Å². The number of imide groups is 1. The third kappa shape index (κ3) is 4.32. The van der Waals surface area contributed by atoms with Crippen LogP contribution in [0.5, 0.6) is 0 Å². The molecule has 33 heavy (non-hydrogen) atoms. The fourth-order valence-corrected chi connectivity index (χ4v) is 4.84. The van der Waals surface area contributed by atoms with Crippen LogP contribution in [-0.2, 0) is 17.9 Å². The van der Waals surface area contributed by atoms with Crippen LogP contribution in [0.3, 0.4) is 0 Å². The van der Waals surface area contributed by atoms with Crippen molar-refractivity contribution in [3.63, 3.8) is 0 Å². The fraction of sp³-hybridized carbons (Fsp3) is 0.0769. The van der Waals surface area contributed by atoms with E-state index >= 15 is 0 Å². The summed E-state index contributed by atoms with van der Waals surface area (Å²) in [5.41, 5.74) is 3.13. The van der Waals surface area contributed by atoms with Crippen molar-refractivity contribution in [1.29, 1.82) is 0 Å². The Hall–Kier alpha value is -3.35. The molecule has 1 aliphatic rings. The summed E-state index contributed by atoms with van der Waals surface area (Å²) in [6, 6.07) is 21.5. The number of hydrogen-bond acceptors (Lipinski definition) is 3. The fourth-order valence-electron chi connectivity index (χ4n) is 3.88. The first-order valence-electron chi connectivity index (χ1n) is 10.3. The molecule has 4 aromatic rings. The monoisotopic (exact) mass is 476 g/mol. The number of benzene rings is 3. The molecule has 0 atom stereocenters. The lowest BCUT2D eigenvalue weighted by Crippen LogP contribution is -2.27. The van der Waals surface area contributed by atoms with Gasteiger partial charge in [0.2, 0.25) is 0 Å². The van der Waals surface area contributed by atoms with Crippen LogP contribution in [0.15, 0.2) is 83.9 Å². The van der Waals surface area contributed by atoms with Crippen LogP contribution in [0.25, 0.3) is 17.0 Å². The third-order valence-electron chi connectivity index (χ3n) is 5.53. The molecule has 0 aliphatic carbocycles. The molecule has 1 aromatic heterocycles. The lowest BCUT2D eigenvalue weighted by Gasteiger charge is -2.12. The van der Waals surface area contributed by atoms with Gasteiger partial charge in [-0.25, -0.2) is 4.39 Å². The number of nitrogens with zero attached hydrogens (tertiary/aromatic N) is 2. The normalized spacial score (nSPS) is 15.2. The predicted molar refractivity (Wildman–Crippen MR) is 130 cm³/mol. The molecule has 0 saturated carbocycles. The van der Waals surface area contributed by atoms with E-state index in [0.29, 0.717) is 22.0 Å². The zero-order chi connectivity index (χ0) is 22.9. The highest BCUT2D eigenvalue weighted by Gasteiger charge is 2.35. The molecular weight excluding hydrogens is 459 g/mol. The summed E-state index contributed by atoms with van der Waals surface area (Å²) < 4.78 is 16.2. The molecule has 2 amide bonds. The Bertz CT molecular complexity index is 1410. The molecule has 0 unspecified atom stereocenters. The number of carbonyl (C=O) groups excluding carboxylic acids is 2. The summed E-state index contributed by atoms with van der Waals surface area (Å²) in [6.07, 6.45) is 3.64. The number of amides is 2. The van der Waals surface area contributed by atoms with Crippen LogP contribution in [0.2, 0.25) is 5.02 Å². The van der Waals surface area contributed by atoms with E-state index in [1.165, 1.54) is 11.0 Å². The molecule has 164 valence electrons. The summed E-state index contributed by atoms with van der Waals surface area (Å²) >= 11 is 6.85. The van der Waals surface area contributed by atoms with Crippen LogP contribution in [0.4, 0.5) is 9.18 Å². The van der Waals surface area contributed by atoms with Crippen molar-refractivity contribution in [2.75, 3.05) is 0 Å². The van der Waals surface area contributed by atoms with Crippen LogP contribution in [0, 0.1) is 5.82 Å². The van der Waals surface area contributed by atoms with Crippen molar-refractivity contribution < 1.29 is 14.0 Å². The van der Waals surface area contributed by atoms with E-state index in [2.05, 4.69) is 0 Å². The van der Waals surface area contributed by atoms with E-state index in [0.717, 1.165) is 33.8 Å². The van der Waals surface area contributed by atoms with Crippen molar-refractivity contribution in [1.82, 2.24) is 9.47 Å². The smallest absolute Gasteiger partial charge is 0.293 e. The number of para-hydroxylation sites is 1. The highest BCUT2D eigenvalue weighted by Crippen LogP contribution is 2.35. The highest BCUT2D eigenvalue weighted by molar-refractivity contribution is 8.18.